The van der Waals surface area contributed by atoms with Crippen molar-refractivity contribution in [2.45, 2.75) is 6.92 Å². The molecule has 0 unspecified atom stereocenters. The molecule has 0 aliphatic heterocycles. The summed E-state index contributed by atoms with van der Waals surface area (Å²) in [6.45, 7) is 2.04. The van der Waals surface area contributed by atoms with Crippen LogP contribution in [0.5, 0.6) is 5.75 Å². The number of fused-ring (bicyclic) bond motifs is 1. The molecule has 0 bridgehead atoms. The highest BCUT2D eigenvalue weighted by molar-refractivity contribution is 6.01. The van der Waals surface area contributed by atoms with E-state index < -0.39 is 0 Å². The SMILES string of the molecule is Cc1[nH]c2ccccc2c1C=Nc1ccc(O)cc1. The molecular weight excluding hydrogens is 236 g/mol. The van der Waals surface area contributed by atoms with Crippen LogP contribution in [0.3, 0.4) is 0 Å². The van der Waals surface area contributed by atoms with Crippen LogP contribution in [0.25, 0.3) is 10.9 Å². The maximum atomic E-state index is 9.24. The number of aryl methyl sites for hydroxylation is 1. The van der Waals surface area contributed by atoms with Crippen molar-refractivity contribution < 1.29 is 5.11 Å². The Hall–Kier alpha value is -2.55. The van der Waals surface area contributed by atoms with Gasteiger partial charge in [0.1, 0.15) is 5.75 Å². The number of hydrogen-bond donors (Lipinski definition) is 2. The number of nitrogens with one attached hydrogen (secondary N) is 1. The Morgan fingerprint density at radius 1 is 1.05 bits per heavy atom. The first-order chi connectivity index (χ1) is 9.24. The van der Waals surface area contributed by atoms with Crippen LogP contribution in [-0.2, 0) is 0 Å². The smallest absolute Gasteiger partial charge is 0.115 e. The highest BCUT2D eigenvalue weighted by Crippen LogP contribution is 2.22. The van der Waals surface area contributed by atoms with Crippen molar-refractivity contribution >= 4 is 22.8 Å². The number of rotatable bonds is 2. The second-order valence-corrected chi connectivity index (χ2v) is 4.48. The highest BCUT2D eigenvalue weighted by atomic mass is 16.3. The van der Waals surface area contributed by atoms with Gasteiger partial charge in [-0.3, -0.25) is 4.99 Å². The van der Waals surface area contributed by atoms with Crippen LogP contribution in [0.1, 0.15) is 11.3 Å². The van der Waals surface area contributed by atoms with Crippen molar-refractivity contribution in [3.05, 3.63) is 59.8 Å². The van der Waals surface area contributed by atoms with Crippen molar-refractivity contribution in [1.29, 1.82) is 0 Å². The first-order valence-corrected chi connectivity index (χ1v) is 6.14. The topological polar surface area (TPSA) is 48.4 Å². The van der Waals surface area contributed by atoms with Gasteiger partial charge in [-0.05, 0) is 37.3 Å². The number of nitrogens with zero attached hydrogens (tertiary/aromatic N) is 1. The second-order valence-electron chi connectivity index (χ2n) is 4.48. The molecule has 3 nitrogen and oxygen atoms in total. The average Bonchev–Trinajstić information content (AvgIpc) is 2.74. The minimum absolute atomic E-state index is 0.252. The summed E-state index contributed by atoms with van der Waals surface area (Å²) in [7, 11) is 0. The molecule has 2 aromatic carbocycles. The van der Waals surface area contributed by atoms with Gasteiger partial charge in [0.15, 0.2) is 0 Å². The number of H-pyrrole nitrogens is 1. The predicted octanol–water partition coefficient (Wildman–Crippen LogP) is 3.93. The summed E-state index contributed by atoms with van der Waals surface area (Å²) >= 11 is 0. The number of aromatic hydroxyl groups is 1. The van der Waals surface area contributed by atoms with Gasteiger partial charge in [0.2, 0.25) is 0 Å². The Balaban J connectivity index is 2.01. The lowest BCUT2D eigenvalue weighted by molar-refractivity contribution is 0.475. The first kappa shape index (κ1) is 11.5. The van der Waals surface area contributed by atoms with Crippen LogP contribution in [-0.4, -0.2) is 16.3 Å². The summed E-state index contributed by atoms with van der Waals surface area (Å²) in [5.41, 5.74) is 4.14. The molecule has 3 heteroatoms. The van der Waals surface area contributed by atoms with E-state index in [4.69, 9.17) is 0 Å². The van der Waals surface area contributed by atoms with Crippen molar-refractivity contribution in [3.8, 4) is 5.75 Å². The molecule has 0 atom stereocenters. The molecule has 0 aliphatic carbocycles. The van der Waals surface area contributed by atoms with Gasteiger partial charge in [0.05, 0.1) is 5.69 Å². The van der Waals surface area contributed by atoms with Crippen LogP contribution >= 0.6 is 0 Å². The van der Waals surface area contributed by atoms with E-state index in [-0.39, 0.29) is 5.75 Å². The van der Waals surface area contributed by atoms with Gasteiger partial charge < -0.3 is 10.1 Å². The minimum Gasteiger partial charge on any atom is -0.508 e. The number of phenols is 1. The van der Waals surface area contributed by atoms with E-state index in [2.05, 4.69) is 22.1 Å². The molecule has 0 saturated carbocycles. The number of aromatic nitrogens is 1. The van der Waals surface area contributed by atoms with E-state index in [1.54, 1.807) is 24.3 Å². The van der Waals surface area contributed by atoms with Crippen LogP contribution in [0.4, 0.5) is 5.69 Å². The molecule has 1 heterocycles. The fraction of sp³-hybridized carbons (Fsp3) is 0.0625. The Kier molecular flexibility index (Phi) is 2.80. The fourth-order valence-electron chi connectivity index (χ4n) is 2.14. The molecule has 0 radical (unpaired) electrons. The lowest BCUT2D eigenvalue weighted by Gasteiger charge is -1.95. The minimum atomic E-state index is 0.252. The Labute approximate surface area is 111 Å². The summed E-state index contributed by atoms with van der Waals surface area (Å²) in [6.07, 6.45) is 1.86. The number of para-hydroxylation sites is 1. The molecular formula is C16H14N2O. The number of benzene rings is 2. The average molecular weight is 250 g/mol. The fourth-order valence-corrected chi connectivity index (χ4v) is 2.14. The zero-order valence-electron chi connectivity index (χ0n) is 10.6. The third-order valence-corrected chi connectivity index (χ3v) is 3.14. The largest absolute Gasteiger partial charge is 0.508 e. The Morgan fingerprint density at radius 2 is 1.79 bits per heavy atom. The lowest BCUT2D eigenvalue weighted by atomic mass is 10.1. The summed E-state index contributed by atoms with van der Waals surface area (Å²) in [5, 5.41) is 10.4. The maximum absolute atomic E-state index is 9.24. The second kappa shape index (κ2) is 4.61. The molecule has 19 heavy (non-hydrogen) atoms. The van der Waals surface area contributed by atoms with Gasteiger partial charge in [-0.25, -0.2) is 0 Å². The van der Waals surface area contributed by atoms with Crippen molar-refractivity contribution in [3.63, 3.8) is 0 Å². The van der Waals surface area contributed by atoms with E-state index in [0.29, 0.717) is 0 Å². The van der Waals surface area contributed by atoms with Crippen LogP contribution in [0.2, 0.25) is 0 Å². The van der Waals surface area contributed by atoms with E-state index in [1.807, 2.05) is 25.3 Å². The molecule has 3 aromatic rings. The van der Waals surface area contributed by atoms with Gasteiger partial charge in [0, 0.05) is 28.4 Å². The predicted molar refractivity (Wildman–Crippen MR) is 78.4 cm³/mol. The normalized spacial score (nSPS) is 11.4. The van der Waals surface area contributed by atoms with Gasteiger partial charge in [0.25, 0.3) is 0 Å². The van der Waals surface area contributed by atoms with E-state index >= 15 is 0 Å². The number of hydrogen-bond acceptors (Lipinski definition) is 2. The Bertz CT molecular complexity index is 739. The quantitative estimate of drug-likeness (QED) is 0.665. The van der Waals surface area contributed by atoms with Gasteiger partial charge in [-0.15, -0.1) is 0 Å². The van der Waals surface area contributed by atoms with Crippen molar-refractivity contribution in [2.24, 2.45) is 4.99 Å². The highest BCUT2D eigenvalue weighted by Gasteiger charge is 2.04. The van der Waals surface area contributed by atoms with Crippen LogP contribution < -0.4 is 0 Å². The number of phenolic OH excluding ortho intramolecular Hbond substituents is 1. The summed E-state index contributed by atoms with van der Waals surface area (Å²) < 4.78 is 0. The van der Waals surface area contributed by atoms with E-state index in [9.17, 15) is 5.11 Å². The van der Waals surface area contributed by atoms with Crippen molar-refractivity contribution in [2.75, 3.05) is 0 Å². The molecule has 3 rings (SSSR count). The zero-order valence-corrected chi connectivity index (χ0v) is 10.6. The first-order valence-electron chi connectivity index (χ1n) is 6.14. The Morgan fingerprint density at radius 3 is 2.58 bits per heavy atom. The number of aromatic amines is 1. The van der Waals surface area contributed by atoms with E-state index in [0.717, 1.165) is 22.5 Å². The van der Waals surface area contributed by atoms with E-state index in [1.165, 1.54) is 5.39 Å². The third-order valence-electron chi connectivity index (χ3n) is 3.14. The van der Waals surface area contributed by atoms with Gasteiger partial charge >= 0.3 is 0 Å². The lowest BCUT2D eigenvalue weighted by Crippen LogP contribution is -1.82. The third kappa shape index (κ3) is 2.22. The zero-order chi connectivity index (χ0) is 13.2. The summed E-state index contributed by atoms with van der Waals surface area (Å²) in [6, 6.07) is 15.0. The molecule has 94 valence electrons. The molecule has 0 aliphatic rings. The van der Waals surface area contributed by atoms with Crippen LogP contribution in [0, 0.1) is 6.92 Å². The standard InChI is InChI=1S/C16H14N2O/c1-11-15(14-4-2-3-5-16(14)18-11)10-17-12-6-8-13(19)9-7-12/h2-10,18-19H,1H3. The molecule has 2 N–H and O–H groups in total. The molecule has 1 aromatic heterocycles. The van der Waals surface area contributed by atoms with Gasteiger partial charge in [-0.1, -0.05) is 18.2 Å². The molecule has 0 saturated heterocycles. The summed E-state index contributed by atoms with van der Waals surface area (Å²) in [5.74, 6) is 0.252. The van der Waals surface area contributed by atoms with Crippen LogP contribution in [0.15, 0.2) is 53.5 Å². The summed E-state index contributed by atoms with van der Waals surface area (Å²) in [4.78, 5) is 7.79. The molecule has 0 fully saturated rings. The molecule has 0 amide bonds. The maximum Gasteiger partial charge on any atom is 0.115 e. The van der Waals surface area contributed by atoms with Crippen molar-refractivity contribution in [1.82, 2.24) is 4.98 Å². The monoisotopic (exact) mass is 250 g/mol. The molecule has 0 spiro atoms. The van der Waals surface area contributed by atoms with Gasteiger partial charge in [-0.2, -0.15) is 0 Å². The number of aliphatic imine (C=N–C) groups is 1.